The van der Waals surface area contributed by atoms with E-state index >= 15 is 0 Å². The number of nitrogens with zero attached hydrogens (tertiary/aromatic N) is 4. The van der Waals surface area contributed by atoms with Gasteiger partial charge in [-0.05, 0) is 26.0 Å². The molecule has 1 aliphatic heterocycles. The quantitative estimate of drug-likeness (QED) is 0.235. The molecule has 3 aromatic heterocycles. The summed E-state index contributed by atoms with van der Waals surface area (Å²) in [5, 5.41) is 12.6. The van der Waals surface area contributed by atoms with Gasteiger partial charge in [0.05, 0.1) is 25.2 Å². The minimum atomic E-state index is -1.58. The van der Waals surface area contributed by atoms with Crippen molar-refractivity contribution in [1.29, 1.82) is 0 Å². The molecule has 0 spiro atoms. The second-order valence-electron chi connectivity index (χ2n) is 8.92. The fourth-order valence-corrected chi connectivity index (χ4v) is 5.99. The van der Waals surface area contributed by atoms with Crippen molar-refractivity contribution >= 4 is 44.0 Å². The normalized spacial score (nSPS) is 15.4. The van der Waals surface area contributed by atoms with Crippen molar-refractivity contribution < 1.29 is 13.7 Å². The van der Waals surface area contributed by atoms with E-state index in [0.717, 1.165) is 59.5 Å². The van der Waals surface area contributed by atoms with Crippen molar-refractivity contribution in [3.05, 3.63) is 53.3 Å². The predicted octanol–water partition coefficient (Wildman–Crippen LogP) is 4.08. The zero-order chi connectivity index (χ0) is 24.9. The van der Waals surface area contributed by atoms with Crippen LogP contribution in [0.3, 0.4) is 0 Å². The Labute approximate surface area is 216 Å². The third-order valence-electron chi connectivity index (χ3n) is 5.95. The fourth-order valence-electron chi connectivity index (χ4n) is 4.04. The lowest BCUT2D eigenvalue weighted by Crippen LogP contribution is -2.35. The smallest absolute Gasteiger partial charge is 0.188 e. The number of hydrogen-bond acceptors (Lipinski definition) is 9. The number of fused-ring (bicyclic) bond motifs is 1. The van der Waals surface area contributed by atoms with Crippen molar-refractivity contribution in [3.63, 3.8) is 0 Å². The second-order valence-corrected chi connectivity index (χ2v) is 12.2. The molecule has 0 aliphatic carbocycles. The highest BCUT2D eigenvalue weighted by molar-refractivity contribution is 7.85. The van der Waals surface area contributed by atoms with Crippen molar-refractivity contribution in [2.24, 2.45) is 0 Å². The summed E-state index contributed by atoms with van der Waals surface area (Å²) in [5.74, 6) is 1.27. The van der Waals surface area contributed by atoms with Gasteiger partial charge in [0.15, 0.2) is 15.8 Å². The molecule has 0 bridgehead atoms. The molecule has 1 atom stereocenters. The topological polar surface area (TPSA) is 105 Å². The van der Waals surface area contributed by atoms with E-state index in [1.807, 2.05) is 50.4 Å². The van der Waals surface area contributed by atoms with Crippen molar-refractivity contribution in [3.8, 4) is 5.75 Å². The number of H-pyrrole nitrogens is 1. The van der Waals surface area contributed by atoms with E-state index < -0.39 is 10.8 Å². The summed E-state index contributed by atoms with van der Waals surface area (Å²) in [7, 11) is -1.58. The van der Waals surface area contributed by atoms with Crippen molar-refractivity contribution in [2.75, 3.05) is 38.2 Å². The Morgan fingerprint density at radius 1 is 1.25 bits per heavy atom. The lowest BCUT2D eigenvalue weighted by molar-refractivity contribution is 0.0346. The van der Waals surface area contributed by atoms with Crippen LogP contribution in [0.1, 0.15) is 24.4 Å². The summed E-state index contributed by atoms with van der Waals surface area (Å²) in [6.45, 7) is 8.65. The lowest BCUT2D eigenvalue weighted by Gasteiger charge is -2.25. The van der Waals surface area contributed by atoms with Gasteiger partial charge in [-0.1, -0.05) is 6.07 Å². The van der Waals surface area contributed by atoms with Gasteiger partial charge in [-0.3, -0.25) is 15.0 Å². The minimum Gasteiger partial charge on any atom is -0.491 e. The van der Waals surface area contributed by atoms with E-state index in [9.17, 15) is 4.21 Å². The first-order valence-electron chi connectivity index (χ1n) is 12.1. The van der Waals surface area contributed by atoms with Crippen LogP contribution in [-0.4, -0.2) is 63.2 Å². The molecule has 4 heterocycles. The van der Waals surface area contributed by atoms with Crippen LogP contribution < -0.4 is 10.1 Å². The Morgan fingerprint density at radius 3 is 2.89 bits per heavy atom. The number of aromatic nitrogens is 4. The Bertz CT molecular complexity index is 1320. The summed E-state index contributed by atoms with van der Waals surface area (Å²) in [5.41, 5.74) is 1.72. The van der Waals surface area contributed by atoms with E-state index in [0.29, 0.717) is 24.6 Å². The monoisotopic (exact) mass is 527 g/mol. The summed E-state index contributed by atoms with van der Waals surface area (Å²) in [6.07, 6.45) is 4.36. The van der Waals surface area contributed by atoms with Crippen LogP contribution in [0.2, 0.25) is 0 Å². The van der Waals surface area contributed by atoms with Gasteiger partial charge < -0.3 is 14.8 Å². The fraction of sp³-hybridized carbons (Fsp3) is 0.400. The molecule has 0 amide bonds. The van der Waals surface area contributed by atoms with Crippen LogP contribution in [0.15, 0.2) is 47.6 Å². The molecule has 9 nitrogen and oxygen atoms in total. The molecule has 4 aromatic rings. The molecule has 36 heavy (non-hydrogen) atoms. The van der Waals surface area contributed by atoms with Gasteiger partial charge in [0.25, 0.3) is 0 Å². The van der Waals surface area contributed by atoms with Crippen LogP contribution in [-0.2, 0) is 32.7 Å². The molecule has 0 saturated carbocycles. The lowest BCUT2D eigenvalue weighted by atomic mass is 10.2. The van der Waals surface area contributed by atoms with Gasteiger partial charge in [0, 0.05) is 61.2 Å². The van der Waals surface area contributed by atoms with Gasteiger partial charge in [0.1, 0.15) is 27.3 Å². The SMILES string of the molecule is CC(C)[SH+](=O)c1cc(OCCc2ccccn2)c2[nH]nc(Nc3ncc(CN4CCOCC4)s3)c2c1. The molecular formula is C25H31N6O3S2+. The van der Waals surface area contributed by atoms with Crippen LogP contribution >= 0.6 is 11.3 Å². The number of anilines is 2. The standard InChI is InChI=1S/C25H30N6O3S2/c1-17(2)36(32)20-13-21-23(22(14-20)34-10-6-18-5-3-4-7-26-18)29-30-24(21)28-25-27-15-19(35-25)16-31-8-11-33-12-9-31/h3-5,7,13-15,17H,6,8-12,16H2,1-2H3,(H2,27,28,29,30)/p+1. The molecule has 11 heteroatoms. The van der Waals surface area contributed by atoms with Crippen LogP contribution in [0, 0.1) is 0 Å². The first kappa shape index (κ1) is 24.8. The molecule has 1 aliphatic rings. The Morgan fingerprint density at radius 2 is 2.11 bits per heavy atom. The van der Waals surface area contributed by atoms with Crippen molar-refractivity contribution in [1.82, 2.24) is 25.1 Å². The van der Waals surface area contributed by atoms with E-state index in [2.05, 4.69) is 30.4 Å². The highest BCUT2D eigenvalue weighted by Gasteiger charge is 2.22. The van der Waals surface area contributed by atoms with E-state index in [1.165, 1.54) is 4.88 Å². The summed E-state index contributed by atoms with van der Waals surface area (Å²) in [6, 6.07) is 9.64. The van der Waals surface area contributed by atoms with Crippen molar-refractivity contribution in [2.45, 2.75) is 37.0 Å². The van der Waals surface area contributed by atoms with Gasteiger partial charge in [-0.2, -0.15) is 5.10 Å². The summed E-state index contributed by atoms with van der Waals surface area (Å²) < 4.78 is 24.6. The number of rotatable bonds is 10. The number of pyridine rings is 1. The third-order valence-corrected chi connectivity index (χ3v) is 8.55. The highest BCUT2D eigenvalue weighted by Crippen LogP contribution is 2.34. The second kappa shape index (κ2) is 11.5. The number of morpholine rings is 1. The highest BCUT2D eigenvalue weighted by atomic mass is 32.2. The molecule has 1 aromatic carbocycles. The number of ether oxygens (including phenoxy) is 2. The molecule has 5 rings (SSSR count). The number of thiazole rings is 1. The zero-order valence-electron chi connectivity index (χ0n) is 20.4. The third kappa shape index (κ3) is 5.92. The zero-order valence-corrected chi connectivity index (χ0v) is 22.1. The first-order chi connectivity index (χ1) is 17.6. The number of nitrogens with one attached hydrogen (secondary N) is 2. The maximum Gasteiger partial charge on any atom is 0.188 e. The number of hydrogen-bond donors (Lipinski definition) is 2. The van der Waals surface area contributed by atoms with Gasteiger partial charge >= 0.3 is 0 Å². The van der Waals surface area contributed by atoms with Crippen LogP contribution in [0.4, 0.5) is 10.9 Å². The summed E-state index contributed by atoms with van der Waals surface area (Å²) >= 11 is 1.61. The minimum absolute atomic E-state index is 0.0174. The average Bonchev–Trinajstić information content (AvgIpc) is 3.51. The maximum atomic E-state index is 13.0. The molecule has 2 N–H and O–H groups in total. The number of thiol groups is 1. The molecular weight excluding hydrogens is 496 g/mol. The maximum absolute atomic E-state index is 13.0. The predicted molar refractivity (Wildman–Crippen MR) is 144 cm³/mol. The van der Waals surface area contributed by atoms with Gasteiger partial charge in [-0.25, -0.2) is 4.98 Å². The van der Waals surface area contributed by atoms with Crippen LogP contribution in [0.25, 0.3) is 10.9 Å². The average molecular weight is 528 g/mol. The Kier molecular flexibility index (Phi) is 7.90. The Balaban J connectivity index is 1.37. The van der Waals surface area contributed by atoms with E-state index in [4.69, 9.17) is 9.47 Å². The number of aromatic amines is 1. The van der Waals surface area contributed by atoms with E-state index in [1.54, 1.807) is 17.5 Å². The molecule has 1 unspecified atom stereocenters. The molecule has 1 saturated heterocycles. The Hall–Kier alpha value is -2.86. The molecule has 0 radical (unpaired) electrons. The summed E-state index contributed by atoms with van der Waals surface area (Å²) in [4.78, 5) is 13.2. The van der Waals surface area contributed by atoms with Gasteiger partial charge in [-0.15, -0.1) is 15.5 Å². The molecule has 190 valence electrons. The van der Waals surface area contributed by atoms with Gasteiger partial charge in [0.2, 0.25) is 0 Å². The van der Waals surface area contributed by atoms with Crippen LogP contribution in [0.5, 0.6) is 5.75 Å². The first-order valence-corrected chi connectivity index (χ1v) is 14.2. The number of benzene rings is 1. The molecule has 1 fully saturated rings. The van der Waals surface area contributed by atoms with E-state index in [-0.39, 0.29) is 5.25 Å². The largest absolute Gasteiger partial charge is 0.491 e.